The summed E-state index contributed by atoms with van der Waals surface area (Å²) in [6.07, 6.45) is 1.48. The van der Waals surface area contributed by atoms with Crippen molar-refractivity contribution in [1.29, 1.82) is 0 Å². The first-order valence-corrected chi connectivity index (χ1v) is 8.92. The Morgan fingerprint density at radius 3 is 2.65 bits per heavy atom. The molecule has 0 saturated carbocycles. The number of benzene rings is 2. The molecule has 1 N–H and O–H groups in total. The van der Waals surface area contributed by atoms with Crippen molar-refractivity contribution in [2.24, 2.45) is 5.10 Å². The predicted octanol–water partition coefficient (Wildman–Crippen LogP) is 5.03. The highest BCUT2D eigenvalue weighted by molar-refractivity contribution is 7.99. The lowest BCUT2D eigenvalue weighted by Gasteiger charge is -2.02. The molecule has 23 heavy (non-hydrogen) atoms. The van der Waals surface area contributed by atoms with Gasteiger partial charge in [-0.15, -0.1) is 11.8 Å². The van der Waals surface area contributed by atoms with Crippen LogP contribution < -0.4 is 5.43 Å². The Morgan fingerprint density at radius 2 is 1.91 bits per heavy atom. The first-order chi connectivity index (χ1) is 11.0. The van der Waals surface area contributed by atoms with Gasteiger partial charge < -0.3 is 0 Å². The summed E-state index contributed by atoms with van der Waals surface area (Å²) in [4.78, 5) is 11.7. The summed E-state index contributed by atoms with van der Waals surface area (Å²) >= 11 is 19.2. The molecule has 2 aromatic carbocycles. The molecule has 3 nitrogen and oxygen atoms in total. The second-order valence-electron chi connectivity index (χ2n) is 4.58. The molecular weight excluding hydrogens is 375 g/mol. The summed E-state index contributed by atoms with van der Waals surface area (Å²) in [5.41, 5.74) is 4.22. The maximum absolute atomic E-state index is 11.7. The van der Waals surface area contributed by atoms with Crippen molar-refractivity contribution in [3.05, 3.63) is 68.7 Å². The van der Waals surface area contributed by atoms with Gasteiger partial charge in [-0.2, -0.15) is 5.10 Å². The molecule has 2 rings (SSSR count). The molecule has 0 radical (unpaired) electrons. The number of amides is 1. The third-order valence-electron chi connectivity index (χ3n) is 2.75. The molecule has 7 heteroatoms. The van der Waals surface area contributed by atoms with Crippen LogP contribution in [0.2, 0.25) is 15.1 Å². The smallest absolute Gasteiger partial charge is 0.250 e. The number of nitrogens with one attached hydrogen (secondary N) is 1. The number of carbonyl (C=O) groups is 1. The minimum Gasteiger partial charge on any atom is -0.272 e. The molecule has 0 unspecified atom stereocenters. The highest BCUT2D eigenvalue weighted by Gasteiger charge is 2.02. The number of halogens is 3. The average Bonchev–Trinajstić information content (AvgIpc) is 2.49. The first kappa shape index (κ1) is 18.1. The standard InChI is InChI=1S/C16H13Cl3N2OS/c17-13-3-1-2-11(6-13)9-23-10-16(22)21-20-8-12-4-5-14(18)7-15(12)19/h1-8H,9-10H2,(H,21,22)/b20-8-. The largest absolute Gasteiger partial charge is 0.272 e. The van der Waals surface area contributed by atoms with Gasteiger partial charge in [0.25, 0.3) is 0 Å². The molecule has 0 heterocycles. The fraction of sp³-hybridized carbons (Fsp3) is 0.125. The van der Waals surface area contributed by atoms with Crippen LogP contribution in [0.15, 0.2) is 47.6 Å². The molecule has 1 amide bonds. The normalized spacial score (nSPS) is 10.9. The zero-order chi connectivity index (χ0) is 16.7. The second kappa shape index (κ2) is 9.18. The number of carbonyl (C=O) groups excluding carboxylic acids is 1. The molecule has 0 bridgehead atoms. The Labute approximate surface area is 154 Å². The quantitative estimate of drug-likeness (QED) is 0.558. The van der Waals surface area contributed by atoms with Crippen LogP contribution in [0.3, 0.4) is 0 Å². The maximum Gasteiger partial charge on any atom is 0.250 e. The maximum atomic E-state index is 11.7. The number of hydrogen-bond donors (Lipinski definition) is 1. The van der Waals surface area contributed by atoms with E-state index in [4.69, 9.17) is 34.8 Å². The Bertz CT molecular complexity index is 722. The molecule has 0 aliphatic rings. The van der Waals surface area contributed by atoms with Crippen LogP contribution in [0.1, 0.15) is 11.1 Å². The van der Waals surface area contributed by atoms with Gasteiger partial charge in [0.1, 0.15) is 0 Å². The minimum atomic E-state index is -0.182. The van der Waals surface area contributed by atoms with Crippen molar-refractivity contribution in [1.82, 2.24) is 5.43 Å². The summed E-state index contributed by atoms with van der Waals surface area (Å²) in [5, 5.41) is 5.60. The van der Waals surface area contributed by atoms with Gasteiger partial charge in [0.05, 0.1) is 17.0 Å². The third kappa shape index (κ3) is 6.43. The SMILES string of the molecule is O=C(CSCc1cccc(Cl)c1)N/N=C\c1ccc(Cl)cc1Cl. The highest BCUT2D eigenvalue weighted by atomic mass is 35.5. The summed E-state index contributed by atoms with van der Waals surface area (Å²) in [6, 6.07) is 12.6. The summed E-state index contributed by atoms with van der Waals surface area (Å²) in [7, 11) is 0. The number of nitrogens with zero attached hydrogens (tertiary/aromatic N) is 1. The van der Waals surface area contributed by atoms with E-state index in [0.717, 1.165) is 5.56 Å². The number of rotatable bonds is 6. The Balaban J connectivity index is 1.75. The molecule has 0 spiro atoms. The predicted molar refractivity (Wildman–Crippen MR) is 99.8 cm³/mol. The van der Waals surface area contributed by atoms with Crippen molar-refractivity contribution in [2.75, 3.05) is 5.75 Å². The van der Waals surface area contributed by atoms with Gasteiger partial charge in [-0.25, -0.2) is 5.43 Å². The lowest BCUT2D eigenvalue weighted by atomic mass is 10.2. The molecule has 0 aliphatic heterocycles. The van der Waals surface area contributed by atoms with E-state index in [1.165, 1.54) is 18.0 Å². The van der Waals surface area contributed by atoms with Crippen LogP contribution in [0.25, 0.3) is 0 Å². The summed E-state index contributed by atoms with van der Waals surface area (Å²) < 4.78 is 0. The lowest BCUT2D eigenvalue weighted by molar-refractivity contribution is -0.118. The van der Waals surface area contributed by atoms with Crippen molar-refractivity contribution < 1.29 is 4.79 Å². The van der Waals surface area contributed by atoms with Gasteiger partial charge in [0, 0.05) is 21.4 Å². The van der Waals surface area contributed by atoms with Crippen LogP contribution in [0.5, 0.6) is 0 Å². The van der Waals surface area contributed by atoms with Crippen molar-refractivity contribution in [3.63, 3.8) is 0 Å². The lowest BCUT2D eigenvalue weighted by Crippen LogP contribution is -2.19. The number of hydrazone groups is 1. The fourth-order valence-electron chi connectivity index (χ4n) is 1.70. The van der Waals surface area contributed by atoms with E-state index in [9.17, 15) is 4.79 Å². The minimum absolute atomic E-state index is 0.182. The Morgan fingerprint density at radius 1 is 1.13 bits per heavy atom. The molecular formula is C16H13Cl3N2OS. The molecule has 120 valence electrons. The number of hydrogen-bond acceptors (Lipinski definition) is 3. The van der Waals surface area contributed by atoms with Crippen LogP contribution in [-0.2, 0) is 10.5 Å². The van der Waals surface area contributed by atoms with Gasteiger partial charge in [-0.05, 0) is 29.8 Å². The van der Waals surface area contributed by atoms with Crippen LogP contribution in [-0.4, -0.2) is 17.9 Å². The van der Waals surface area contributed by atoms with Crippen LogP contribution in [0, 0.1) is 0 Å². The summed E-state index contributed by atoms with van der Waals surface area (Å²) in [5.74, 6) is 0.831. The second-order valence-corrected chi connectivity index (χ2v) is 6.85. The molecule has 0 aliphatic carbocycles. The zero-order valence-electron chi connectivity index (χ0n) is 11.9. The molecule has 0 atom stereocenters. The molecule has 0 saturated heterocycles. The molecule has 2 aromatic rings. The Kier molecular flexibility index (Phi) is 7.24. The van der Waals surface area contributed by atoms with Gasteiger partial charge >= 0.3 is 0 Å². The van der Waals surface area contributed by atoms with Crippen molar-refractivity contribution >= 4 is 58.7 Å². The van der Waals surface area contributed by atoms with E-state index in [-0.39, 0.29) is 5.91 Å². The van der Waals surface area contributed by atoms with Crippen molar-refractivity contribution in [3.8, 4) is 0 Å². The highest BCUT2D eigenvalue weighted by Crippen LogP contribution is 2.19. The zero-order valence-corrected chi connectivity index (χ0v) is 15.0. The van der Waals surface area contributed by atoms with E-state index in [1.54, 1.807) is 18.2 Å². The van der Waals surface area contributed by atoms with E-state index >= 15 is 0 Å². The van der Waals surface area contributed by atoms with Crippen LogP contribution >= 0.6 is 46.6 Å². The molecule has 0 aromatic heterocycles. The monoisotopic (exact) mass is 386 g/mol. The van der Waals surface area contributed by atoms with Gasteiger partial charge in [0.2, 0.25) is 5.91 Å². The van der Waals surface area contributed by atoms with Crippen molar-refractivity contribution in [2.45, 2.75) is 5.75 Å². The van der Waals surface area contributed by atoms with E-state index < -0.39 is 0 Å². The molecule has 0 fully saturated rings. The van der Waals surface area contributed by atoms with Gasteiger partial charge in [-0.3, -0.25) is 4.79 Å². The average molecular weight is 388 g/mol. The van der Waals surface area contributed by atoms with Gasteiger partial charge in [-0.1, -0.05) is 53.0 Å². The fourth-order valence-corrected chi connectivity index (χ4v) is 3.14. The Hall–Kier alpha value is -1.20. The third-order valence-corrected chi connectivity index (χ3v) is 4.55. The first-order valence-electron chi connectivity index (χ1n) is 6.64. The van der Waals surface area contributed by atoms with E-state index in [1.807, 2.05) is 24.3 Å². The topological polar surface area (TPSA) is 41.5 Å². The van der Waals surface area contributed by atoms with E-state index in [2.05, 4.69) is 10.5 Å². The summed E-state index contributed by atoms with van der Waals surface area (Å²) in [6.45, 7) is 0. The number of thioether (sulfide) groups is 1. The van der Waals surface area contributed by atoms with Crippen LogP contribution in [0.4, 0.5) is 0 Å². The van der Waals surface area contributed by atoms with Gasteiger partial charge in [0.15, 0.2) is 0 Å². The van der Waals surface area contributed by atoms with E-state index in [0.29, 0.717) is 32.1 Å².